The Kier molecular flexibility index (Phi) is 8.70. The molecule has 0 spiro atoms. The standard InChI is InChI=1S/C27H24BrN5O2S/c1-19-8-12-23(13-9-19)33-26(21-10-14-24(35-2)15-11-21)31-32-27(33)36-18-25(34)30-29-17-22(28)16-20-6-4-3-5-7-20/h3-17H,18H2,1-2H3,(H,30,34)/b22-16-,29-17+. The van der Waals surface area contributed by atoms with Gasteiger partial charge < -0.3 is 4.74 Å². The van der Waals surface area contributed by atoms with Crippen LogP contribution in [0.5, 0.6) is 5.75 Å². The molecule has 7 nitrogen and oxygen atoms in total. The maximum Gasteiger partial charge on any atom is 0.250 e. The van der Waals surface area contributed by atoms with Crippen molar-refractivity contribution in [2.24, 2.45) is 5.10 Å². The highest BCUT2D eigenvalue weighted by Gasteiger charge is 2.17. The largest absolute Gasteiger partial charge is 0.497 e. The number of carbonyl (C=O) groups excluding carboxylic acids is 1. The van der Waals surface area contributed by atoms with Crippen molar-refractivity contribution in [1.82, 2.24) is 20.2 Å². The van der Waals surface area contributed by atoms with Gasteiger partial charge in [0.15, 0.2) is 11.0 Å². The van der Waals surface area contributed by atoms with Gasteiger partial charge in [0, 0.05) is 15.7 Å². The van der Waals surface area contributed by atoms with E-state index in [0.717, 1.165) is 32.6 Å². The fourth-order valence-electron chi connectivity index (χ4n) is 3.29. The number of nitrogens with zero attached hydrogens (tertiary/aromatic N) is 4. The minimum absolute atomic E-state index is 0.129. The van der Waals surface area contributed by atoms with E-state index in [9.17, 15) is 4.79 Å². The topological polar surface area (TPSA) is 81.4 Å². The molecule has 0 bridgehead atoms. The molecule has 0 aliphatic carbocycles. The van der Waals surface area contributed by atoms with Gasteiger partial charge in [0.25, 0.3) is 5.91 Å². The number of nitrogens with one attached hydrogen (secondary N) is 1. The Hall–Kier alpha value is -3.69. The lowest BCUT2D eigenvalue weighted by atomic mass is 10.2. The fraction of sp³-hybridized carbons (Fsp3) is 0.111. The van der Waals surface area contributed by atoms with Crippen molar-refractivity contribution < 1.29 is 9.53 Å². The van der Waals surface area contributed by atoms with E-state index in [2.05, 4.69) is 36.7 Å². The average Bonchev–Trinajstić information content (AvgIpc) is 3.32. The zero-order valence-electron chi connectivity index (χ0n) is 19.8. The van der Waals surface area contributed by atoms with E-state index in [1.54, 1.807) is 13.3 Å². The van der Waals surface area contributed by atoms with Crippen LogP contribution in [0, 0.1) is 6.92 Å². The Labute approximate surface area is 222 Å². The van der Waals surface area contributed by atoms with Crippen LogP contribution in [-0.4, -0.2) is 39.7 Å². The molecule has 0 atom stereocenters. The summed E-state index contributed by atoms with van der Waals surface area (Å²) in [5, 5.41) is 13.4. The second kappa shape index (κ2) is 12.3. The van der Waals surface area contributed by atoms with E-state index in [4.69, 9.17) is 4.74 Å². The van der Waals surface area contributed by atoms with E-state index in [1.165, 1.54) is 11.8 Å². The van der Waals surface area contributed by atoms with Gasteiger partial charge in [-0.25, -0.2) is 5.43 Å². The van der Waals surface area contributed by atoms with E-state index in [1.807, 2.05) is 96.4 Å². The summed E-state index contributed by atoms with van der Waals surface area (Å²) in [6.07, 6.45) is 3.46. The summed E-state index contributed by atoms with van der Waals surface area (Å²) in [6.45, 7) is 2.04. The molecule has 0 radical (unpaired) electrons. The smallest absolute Gasteiger partial charge is 0.250 e. The summed E-state index contributed by atoms with van der Waals surface area (Å²) < 4.78 is 7.96. The maximum atomic E-state index is 12.4. The molecule has 0 aliphatic rings. The maximum absolute atomic E-state index is 12.4. The van der Waals surface area contributed by atoms with Crippen molar-refractivity contribution in [3.8, 4) is 22.8 Å². The minimum atomic E-state index is -0.249. The predicted molar refractivity (Wildman–Crippen MR) is 149 cm³/mol. The first-order valence-electron chi connectivity index (χ1n) is 11.1. The summed E-state index contributed by atoms with van der Waals surface area (Å²) in [5.74, 6) is 1.32. The monoisotopic (exact) mass is 561 g/mol. The van der Waals surface area contributed by atoms with Crippen LogP contribution in [-0.2, 0) is 4.79 Å². The molecule has 0 aliphatic heterocycles. The Morgan fingerprint density at radius 1 is 1.06 bits per heavy atom. The first-order valence-corrected chi connectivity index (χ1v) is 12.8. The second-order valence-corrected chi connectivity index (χ2v) is 9.59. The van der Waals surface area contributed by atoms with Crippen molar-refractivity contribution in [3.63, 3.8) is 0 Å². The van der Waals surface area contributed by atoms with E-state index >= 15 is 0 Å². The summed E-state index contributed by atoms with van der Waals surface area (Å²) in [6, 6.07) is 25.5. The van der Waals surface area contributed by atoms with Gasteiger partial charge in [-0.3, -0.25) is 9.36 Å². The van der Waals surface area contributed by atoms with Crippen molar-refractivity contribution in [2.45, 2.75) is 12.1 Å². The zero-order valence-corrected chi connectivity index (χ0v) is 22.2. The number of benzene rings is 3. The highest BCUT2D eigenvalue weighted by Crippen LogP contribution is 2.29. The summed E-state index contributed by atoms with van der Waals surface area (Å²) in [7, 11) is 1.63. The van der Waals surface area contributed by atoms with Gasteiger partial charge >= 0.3 is 0 Å². The van der Waals surface area contributed by atoms with Crippen LogP contribution in [0.1, 0.15) is 11.1 Å². The Bertz CT molecular complexity index is 1370. The number of hydrazone groups is 1. The molecule has 1 amide bonds. The summed E-state index contributed by atoms with van der Waals surface area (Å²) >= 11 is 4.73. The SMILES string of the molecule is COc1ccc(-c2nnc(SCC(=O)N/N=C/C(Br)=C/c3ccccc3)n2-c2ccc(C)cc2)cc1. The van der Waals surface area contributed by atoms with Crippen LogP contribution in [0.2, 0.25) is 0 Å². The lowest BCUT2D eigenvalue weighted by Gasteiger charge is -2.11. The predicted octanol–water partition coefficient (Wildman–Crippen LogP) is 5.88. The number of thioether (sulfide) groups is 1. The summed E-state index contributed by atoms with van der Waals surface area (Å²) in [4.78, 5) is 12.4. The third-order valence-electron chi connectivity index (χ3n) is 5.09. The van der Waals surface area contributed by atoms with Crippen molar-refractivity contribution in [3.05, 3.63) is 94.5 Å². The number of ether oxygens (including phenoxy) is 1. The van der Waals surface area contributed by atoms with Crippen molar-refractivity contribution in [2.75, 3.05) is 12.9 Å². The van der Waals surface area contributed by atoms with E-state index in [-0.39, 0.29) is 11.7 Å². The van der Waals surface area contributed by atoms with Crippen LogP contribution < -0.4 is 10.2 Å². The number of rotatable bonds is 9. The van der Waals surface area contributed by atoms with Crippen LogP contribution in [0.25, 0.3) is 23.2 Å². The molecule has 36 heavy (non-hydrogen) atoms. The van der Waals surface area contributed by atoms with Crippen LogP contribution in [0.4, 0.5) is 0 Å². The van der Waals surface area contributed by atoms with Crippen molar-refractivity contribution >= 4 is 45.9 Å². The Morgan fingerprint density at radius 2 is 1.78 bits per heavy atom. The average molecular weight is 562 g/mol. The number of amides is 1. The van der Waals surface area contributed by atoms with Gasteiger partial charge in [-0.15, -0.1) is 10.2 Å². The Morgan fingerprint density at radius 3 is 2.47 bits per heavy atom. The zero-order chi connectivity index (χ0) is 25.3. The van der Waals surface area contributed by atoms with E-state index < -0.39 is 0 Å². The van der Waals surface area contributed by atoms with E-state index in [0.29, 0.717) is 11.0 Å². The molecule has 4 aromatic rings. The molecular formula is C27H24BrN5O2S. The Balaban J connectivity index is 1.47. The van der Waals surface area contributed by atoms with Crippen LogP contribution in [0.15, 0.2) is 93.6 Å². The van der Waals surface area contributed by atoms with Gasteiger partial charge in [-0.1, -0.05) is 59.8 Å². The van der Waals surface area contributed by atoms with Gasteiger partial charge in [0.1, 0.15) is 5.75 Å². The molecule has 1 heterocycles. The number of hydrogen-bond donors (Lipinski definition) is 1. The number of hydrogen-bond acceptors (Lipinski definition) is 6. The first kappa shape index (κ1) is 25.4. The number of allylic oxidation sites excluding steroid dienone is 1. The normalized spacial score (nSPS) is 11.6. The van der Waals surface area contributed by atoms with Gasteiger partial charge in [0.05, 0.1) is 19.1 Å². The number of methoxy groups -OCH3 is 1. The number of carbonyl (C=O) groups is 1. The highest BCUT2D eigenvalue weighted by molar-refractivity contribution is 9.12. The molecule has 0 fully saturated rings. The number of aromatic nitrogens is 3. The molecule has 3 aromatic carbocycles. The fourth-order valence-corrected chi connectivity index (χ4v) is 4.40. The van der Waals surface area contributed by atoms with Gasteiger partial charge in [0.2, 0.25) is 0 Å². The van der Waals surface area contributed by atoms with Crippen LogP contribution >= 0.6 is 27.7 Å². The number of aryl methyl sites for hydroxylation is 1. The van der Waals surface area contributed by atoms with Crippen molar-refractivity contribution in [1.29, 1.82) is 0 Å². The quantitative estimate of drug-likeness (QED) is 0.157. The van der Waals surface area contributed by atoms with Crippen LogP contribution in [0.3, 0.4) is 0 Å². The second-order valence-electron chi connectivity index (χ2n) is 7.73. The minimum Gasteiger partial charge on any atom is -0.497 e. The third kappa shape index (κ3) is 6.71. The molecule has 9 heteroatoms. The summed E-state index contributed by atoms with van der Waals surface area (Å²) in [5.41, 5.74) is 6.53. The molecular weight excluding hydrogens is 538 g/mol. The molecule has 4 rings (SSSR count). The molecule has 0 saturated carbocycles. The molecule has 182 valence electrons. The lowest BCUT2D eigenvalue weighted by molar-refractivity contribution is -0.118. The molecule has 0 saturated heterocycles. The van der Waals surface area contributed by atoms with Gasteiger partial charge in [-0.05, 0) is 70.9 Å². The number of halogens is 1. The molecule has 1 aromatic heterocycles. The third-order valence-corrected chi connectivity index (χ3v) is 6.45. The highest BCUT2D eigenvalue weighted by atomic mass is 79.9. The first-order chi connectivity index (χ1) is 17.5. The molecule has 0 unspecified atom stereocenters. The molecule has 1 N–H and O–H groups in total. The van der Waals surface area contributed by atoms with Gasteiger partial charge in [-0.2, -0.15) is 5.10 Å². The lowest BCUT2D eigenvalue weighted by Crippen LogP contribution is -2.19.